The van der Waals surface area contributed by atoms with Crippen LogP contribution in [0.3, 0.4) is 0 Å². The zero-order valence-corrected chi connectivity index (χ0v) is 19.1. The third kappa shape index (κ3) is 7.54. The van der Waals surface area contributed by atoms with Crippen LogP contribution in [-0.2, 0) is 22.6 Å². The van der Waals surface area contributed by atoms with Gasteiger partial charge in [0.15, 0.2) is 0 Å². The number of carbonyl (C=O) groups is 2. The standard InChI is InChI=1S/C24H31NO.C2H2O4/c1-4-8-22-15-16-25(18-21-9-6-5-7-10-21)24(19(22)2)17-20-11-13-23(26-3)14-12-20;3-1(4)2(5)6/h5-7,9-14,24H,4,8,15-18H2,1-3H3;(H,3,4)(H,5,6). The molecule has 1 atom stereocenters. The summed E-state index contributed by atoms with van der Waals surface area (Å²) in [6, 6.07) is 19.9. The molecule has 6 heteroatoms. The predicted octanol–water partition coefficient (Wildman–Crippen LogP) is 4.78. The first kappa shape index (κ1) is 25.1. The van der Waals surface area contributed by atoms with Crippen LogP contribution in [0.25, 0.3) is 0 Å². The van der Waals surface area contributed by atoms with E-state index in [1.807, 2.05) is 0 Å². The summed E-state index contributed by atoms with van der Waals surface area (Å²) >= 11 is 0. The Kier molecular flexibility index (Phi) is 9.95. The first-order chi connectivity index (χ1) is 15.3. The van der Waals surface area contributed by atoms with Gasteiger partial charge in [-0.25, -0.2) is 9.59 Å². The largest absolute Gasteiger partial charge is 0.497 e. The fourth-order valence-electron chi connectivity index (χ4n) is 4.04. The monoisotopic (exact) mass is 439 g/mol. The van der Waals surface area contributed by atoms with Crippen molar-refractivity contribution in [1.29, 1.82) is 0 Å². The molecule has 1 heterocycles. The van der Waals surface area contributed by atoms with Crippen LogP contribution in [-0.4, -0.2) is 46.7 Å². The molecule has 2 N–H and O–H groups in total. The predicted molar refractivity (Wildman–Crippen MR) is 125 cm³/mol. The van der Waals surface area contributed by atoms with E-state index in [9.17, 15) is 0 Å². The maximum absolute atomic E-state index is 9.10. The zero-order chi connectivity index (χ0) is 23.5. The van der Waals surface area contributed by atoms with E-state index < -0.39 is 11.9 Å². The summed E-state index contributed by atoms with van der Waals surface area (Å²) in [7, 11) is 1.72. The Morgan fingerprint density at radius 3 is 2.16 bits per heavy atom. The summed E-state index contributed by atoms with van der Waals surface area (Å²) in [4.78, 5) is 20.9. The number of nitrogens with zero attached hydrogens (tertiary/aromatic N) is 1. The summed E-state index contributed by atoms with van der Waals surface area (Å²) in [6.07, 6.45) is 4.76. The molecule has 0 aromatic heterocycles. The third-order valence-corrected chi connectivity index (χ3v) is 5.75. The molecule has 0 saturated heterocycles. The minimum atomic E-state index is -1.82. The molecule has 1 aliphatic rings. The highest BCUT2D eigenvalue weighted by atomic mass is 16.5. The van der Waals surface area contributed by atoms with Crippen LogP contribution >= 0.6 is 0 Å². The van der Waals surface area contributed by atoms with E-state index in [0.717, 1.165) is 25.3 Å². The van der Waals surface area contributed by atoms with Crippen LogP contribution < -0.4 is 4.74 Å². The molecule has 1 unspecified atom stereocenters. The van der Waals surface area contributed by atoms with E-state index in [1.54, 1.807) is 18.3 Å². The van der Waals surface area contributed by atoms with Gasteiger partial charge in [-0.2, -0.15) is 0 Å². The van der Waals surface area contributed by atoms with Crippen molar-refractivity contribution in [2.75, 3.05) is 13.7 Å². The SMILES string of the molecule is CCCC1=C(C)C(Cc2ccc(OC)cc2)N(Cc2ccccc2)CC1.O=C(O)C(=O)O. The summed E-state index contributed by atoms with van der Waals surface area (Å²) < 4.78 is 5.31. The third-order valence-electron chi connectivity index (χ3n) is 5.75. The Balaban J connectivity index is 0.000000534. The van der Waals surface area contributed by atoms with Gasteiger partial charge in [-0.1, -0.05) is 67.0 Å². The Bertz CT molecular complexity index is 894. The number of hydrogen-bond donors (Lipinski definition) is 2. The van der Waals surface area contributed by atoms with Crippen molar-refractivity contribution >= 4 is 11.9 Å². The number of carboxylic acids is 2. The highest BCUT2D eigenvalue weighted by Gasteiger charge is 2.27. The van der Waals surface area contributed by atoms with Crippen molar-refractivity contribution in [1.82, 2.24) is 4.90 Å². The molecule has 0 fully saturated rings. The number of carboxylic acid groups (broad SMARTS) is 2. The Hall–Kier alpha value is -3.12. The fraction of sp³-hybridized carbons (Fsp3) is 0.385. The van der Waals surface area contributed by atoms with Crippen molar-refractivity contribution in [2.24, 2.45) is 0 Å². The molecule has 0 spiro atoms. The van der Waals surface area contributed by atoms with Gasteiger partial charge in [0.25, 0.3) is 0 Å². The molecule has 0 aliphatic carbocycles. The van der Waals surface area contributed by atoms with Crippen molar-refractivity contribution in [3.8, 4) is 5.75 Å². The van der Waals surface area contributed by atoms with Gasteiger partial charge in [-0.05, 0) is 49.4 Å². The Labute approximate surface area is 190 Å². The highest BCUT2D eigenvalue weighted by Crippen LogP contribution is 2.30. The van der Waals surface area contributed by atoms with Gasteiger partial charge in [0, 0.05) is 19.1 Å². The van der Waals surface area contributed by atoms with Crippen molar-refractivity contribution in [2.45, 2.75) is 52.1 Å². The van der Waals surface area contributed by atoms with Crippen LogP contribution in [0, 0.1) is 0 Å². The number of ether oxygens (including phenoxy) is 1. The minimum absolute atomic E-state index is 0.485. The van der Waals surface area contributed by atoms with Crippen molar-refractivity contribution < 1.29 is 24.5 Å². The summed E-state index contributed by atoms with van der Waals surface area (Å²) in [5, 5.41) is 14.8. The lowest BCUT2D eigenvalue weighted by Crippen LogP contribution is -2.41. The average Bonchev–Trinajstić information content (AvgIpc) is 2.79. The minimum Gasteiger partial charge on any atom is -0.497 e. The van der Waals surface area contributed by atoms with Crippen LogP contribution in [0.2, 0.25) is 0 Å². The molecule has 32 heavy (non-hydrogen) atoms. The van der Waals surface area contributed by atoms with E-state index in [2.05, 4.69) is 73.3 Å². The van der Waals surface area contributed by atoms with Crippen LogP contribution in [0.5, 0.6) is 5.75 Å². The zero-order valence-electron chi connectivity index (χ0n) is 19.1. The van der Waals surface area contributed by atoms with E-state index >= 15 is 0 Å². The van der Waals surface area contributed by atoms with Gasteiger partial charge in [0.1, 0.15) is 5.75 Å². The number of rotatable bonds is 7. The normalized spacial score (nSPS) is 16.2. The lowest BCUT2D eigenvalue weighted by molar-refractivity contribution is -0.159. The van der Waals surface area contributed by atoms with Crippen LogP contribution in [0.1, 0.15) is 44.2 Å². The second-order valence-electron chi connectivity index (χ2n) is 7.92. The molecule has 2 aromatic carbocycles. The van der Waals surface area contributed by atoms with E-state index in [4.69, 9.17) is 24.5 Å². The molecule has 2 aromatic rings. The second kappa shape index (κ2) is 12.7. The number of hydrogen-bond acceptors (Lipinski definition) is 4. The number of methoxy groups -OCH3 is 1. The second-order valence-corrected chi connectivity index (χ2v) is 7.92. The summed E-state index contributed by atoms with van der Waals surface area (Å²) in [5.41, 5.74) is 6.05. The van der Waals surface area contributed by atoms with Crippen molar-refractivity contribution in [3.05, 3.63) is 76.9 Å². The summed E-state index contributed by atoms with van der Waals surface area (Å²) in [5.74, 6) is -2.72. The molecule has 0 radical (unpaired) electrons. The topological polar surface area (TPSA) is 87.1 Å². The Morgan fingerprint density at radius 1 is 1.00 bits per heavy atom. The molecule has 172 valence electrons. The quantitative estimate of drug-likeness (QED) is 0.477. The van der Waals surface area contributed by atoms with Crippen LogP contribution in [0.4, 0.5) is 0 Å². The van der Waals surface area contributed by atoms with E-state index in [1.165, 1.54) is 30.4 Å². The smallest absolute Gasteiger partial charge is 0.414 e. The molecule has 0 amide bonds. The maximum atomic E-state index is 9.10. The fourth-order valence-corrected chi connectivity index (χ4v) is 4.04. The van der Waals surface area contributed by atoms with Gasteiger partial charge in [0.05, 0.1) is 7.11 Å². The van der Waals surface area contributed by atoms with Crippen molar-refractivity contribution in [3.63, 3.8) is 0 Å². The number of benzene rings is 2. The first-order valence-corrected chi connectivity index (χ1v) is 10.9. The molecule has 3 rings (SSSR count). The molecule has 6 nitrogen and oxygen atoms in total. The van der Waals surface area contributed by atoms with Gasteiger partial charge in [-0.15, -0.1) is 0 Å². The van der Waals surface area contributed by atoms with Crippen LogP contribution in [0.15, 0.2) is 65.7 Å². The van der Waals surface area contributed by atoms with Gasteiger partial charge >= 0.3 is 11.9 Å². The molecular formula is C26H33NO5. The maximum Gasteiger partial charge on any atom is 0.414 e. The van der Waals surface area contributed by atoms with Gasteiger partial charge < -0.3 is 14.9 Å². The molecule has 1 aliphatic heterocycles. The lowest BCUT2D eigenvalue weighted by Gasteiger charge is -2.38. The van der Waals surface area contributed by atoms with E-state index in [-0.39, 0.29) is 0 Å². The molecule has 0 saturated carbocycles. The first-order valence-electron chi connectivity index (χ1n) is 10.9. The van der Waals surface area contributed by atoms with Gasteiger partial charge in [0.2, 0.25) is 0 Å². The Morgan fingerprint density at radius 2 is 1.62 bits per heavy atom. The number of aliphatic carboxylic acids is 2. The molecular weight excluding hydrogens is 406 g/mol. The lowest BCUT2D eigenvalue weighted by atomic mass is 9.87. The average molecular weight is 440 g/mol. The van der Waals surface area contributed by atoms with E-state index in [0.29, 0.717) is 6.04 Å². The van der Waals surface area contributed by atoms with Gasteiger partial charge in [-0.3, -0.25) is 4.90 Å². The molecule has 0 bridgehead atoms. The summed E-state index contributed by atoms with van der Waals surface area (Å²) in [6.45, 7) is 6.83. The highest BCUT2D eigenvalue weighted by molar-refractivity contribution is 6.27.